The van der Waals surface area contributed by atoms with Crippen LogP contribution in [0, 0.1) is 0 Å². The average molecular weight is 385 g/mol. The molecule has 1 fully saturated rings. The predicted octanol–water partition coefficient (Wildman–Crippen LogP) is 3.23. The third-order valence-corrected chi connectivity index (χ3v) is 4.77. The van der Waals surface area contributed by atoms with Crippen molar-refractivity contribution >= 4 is 29.1 Å². The molecule has 1 saturated heterocycles. The fourth-order valence-corrected chi connectivity index (χ4v) is 3.37. The number of anilines is 1. The molecule has 2 atom stereocenters. The molecule has 138 valence electrons. The monoisotopic (exact) mass is 384 g/mol. The lowest BCUT2D eigenvalue weighted by molar-refractivity contribution is -0.123. The summed E-state index contributed by atoms with van der Waals surface area (Å²) in [6, 6.07) is 12.6. The van der Waals surface area contributed by atoms with Crippen LogP contribution in [0.4, 0.5) is 5.69 Å². The number of ether oxygens (including phenoxy) is 1. The minimum Gasteiger partial charge on any atom is -0.494 e. The molecule has 2 aliphatic heterocycles. The Hall–Kier alpha value is -2.93. The van der Waals surface area contributed by atoms with Crippen molar-refractivity contribution in [2.24, 2.45) is 10.3 Å². The number of halogens is 1. The van der Waals surface area contributed by atoms with Crippen molar-refractivity contribution in [3.63, 3.8) is 0 Å². The largest absolute Gasteiger partial charge is 0.494 e. The van der Waals surface area contributed by atoms with Gasteiger partial charge in [0.05, 0.1) is 18.8 Å². The van der Waals surface area contributed by atoms with Crippen molar-refractivity contribution in [2.75, 3.05) is 11.5 Å². The molecule has 27 heavy (non-hydrogen) atoms. The van der Waals surface area contributed by atoms with Crippen LogP contribution in [0.3, 0.4) is 0 Å². The summed E-state index contributed by atoms with van der Waals surface area (Å²) < 4.78 is 5.40. The predicted molar refractivity (Wildman–Crippen MR) is 99.5 cm³/mol. The third kappa shape index (κ3) is 3.14. The molecular formula is C19H17ClN4O3. The molecule has 2 aliphatic rings. The van der Waals surface area contributed by atoms with Gasteiger partial charge in [0.2, 0.25) is 0 Å². The first-order chi connectivity index (χ1) is 13.1. The maximum absolute atomic E-state index is 13.0. The molecule has 0 bridgehead atoms. The minimum absolute atomic E-state index is 0.326. The fourth-order valence-electron chi connectivity index (χ4n) is 3.24. The summed E-state index contributed by atoms with van der Waals surface area (Å²) in [4.78, 5) is 26.9. The molecule has 2 heterocycles. The van der Waals surface area contributed by atoms with Crippen LogP contribution in [0.25, 0.3) is 0 Å². The van der Waals surface area contributed by atoms with Gasteiger partial charge >= 0.3 is 0 Å². The van der Waals surface area contributed by atoms with E-state index in [9.17, 15) is 9.59 Å². The molecule has 2 unspecified atom stereocenters. The standard InChI is InChI=1S/C19H17ClN4O3/c1-2-27-15-9-7-14(8-10-15)24-18(25)16-17(19(24)26)23(22-21-16)11-12-3-5-13(20)6-4-12/h3-10,16-17H,2,11H2,1H3. The van der Waals surface area contributed by atoms with Crippen molar-refractivity contribution in [1.29, 1.82) is 0 Å². The Balaban J connectivity index is 1.55. The van der Waals surface area contributed by atoms with Crippen molar-refractivity contribution in [1.82, 2.24) is 5.01 Å². The Bertz CT molecular complexity index is 898. The van der Waals surface area contributed by atoms with Crippen LogP contribution in [0.15, 0.2) is 58.9 Å². The summed E-state index contributed by atoms with van der Waals surface area (Å²) >= 11 is 5.91. The maximum atomic E-state index is 13.0. The van der Waals surface area contributed by atoms with Crippen LogP contribution >= 0.6 is 11.6 Å². The number of nitrogens with zero attached hydrogens (tertiary/aromatic N) is 4. The Morgan fingerprint density at radius 1 is 1.04 bits per heavy atom. The van der Waals surface area contributed by atoms with Gasteiger partial charge in [0, 0.05) is 5.02 Å². The molecule has 0 N–H and O–H groups in total. The molecule has 4 rings (SSSR count). The minimum atomic E-state index is -0.809. The topological polar surface area (TPSA) is 74.6 Å². The maximum Gasteiger partial charge on any atom is 0.263 e. The van der Waals surface area contributed by atoms with Crippen LogP contribution in [0.2, 0.25) is 5.02 Å². The second-order valence-electron chi connectivity index (χ2n) is 6.26. The van der Waals surface area contributed by atoms with Gasteiger partial charge in [-0.2, -0.15) is 5.11 Å². The van der Waals surface area contributed by atoms with E-state index in [4.69, 9.17) is 16.3 Å². The van der Waals surface area contributed by atoms with E-state index >= 15 is 0 Å². The number of rotatable bonds is 5. The molecule has 2 aromatic rings. The van der Waals surface area contributed by atoms with Gasteiger partial charge in [0.25, 0.3) is 11.8 Å². The molecule has 0 radical (unpaired) electrons. The van der Waals surface area contributed by atoms with Gasteiger partial charge in [0.1, 0.15) is 5.75 Å². The number of benzene rings is 2. The normalized spacial score (nSPS) is 21.1. The Labute approximate surface area is 161 Å². The summed E-state index contributed by atoms with van der Waals surface area (Å²) in [6.07, 6.45) is 0. The van der Waals surface area contributed by atoms with E-state index in [0.717, 1.165) is 5.56 Å². The number of fused-ring (bicyclic) bond motifs is 1. The third-order valence-electron chi connectivity index (χ3n) is 4.52. The van der Waals surface area contributed by atoms with Crippen LogP contribution in [-0.4, -0.2) is 35.5 Å². The first-order valence-electron chi connectivity index (χ1n) is 8.61. The highest BCUT2D eigenvalue weighted by Crippen LogP contribution is 2.33. The zero-order valence-electron chi connectivity index (χ0n) is 14.6. The quantitative estimate of drug-likeness (QED) is 0.742. The Morgan fingerprint density at radius 2 is 1.74 bits per heavy atom. The van der Waals surface area contributed by atoms with Crippen molar-refractivity contribution in [3.05, 3.63) is 59.1 Å². The van der Waals surface area contributed by atoms with Gasteiger partial charge in [0.15, 0.2) is 12.1 Å². The van der Waals surface area contributed by atoms with Crippen molar-refractivity contribution in [3.8, 4) is 5.75 Å². The van der Waals surface area contributed by atoms with Crippen LogP contribution < -0.4 is 9.64 Å². The van der Waals surface area contributed by atoms with Gasteiger partial charge in [-0.25, -0.2) is 4.90 Å². The first kappa shape index (κ1) is 17.5. The molecule has 2 aromatic carbocycles. The molecular weight excluding hydrogens is 368 g/mol. The lowest BCUT2D eigenvalue weighted by atomic mass is 10.1. The molecule has 0 aliphatic carbocycles. The van der Waals surface area contributed by atoms with Crippen molar-refractivity contribution in [2.45, 2.75) is 25.6 Å². The lowest BCUT2D eigenvalue weighted by Crippen LogP contribution is -2.39. The van der Waals surface area contributed by atoms with Crippen molar-refractivity contribution < 1.29 is 14.3 Å². The van der Waals surface area contributed by atoms with E-state index in [1.807, 2.05) is 19.1 Å². The summed E-state index contributed by atoms with van der Waals surface area (Å²) in [7, 11) is 0. The number of amides is 2. The number of carbonyl (C=O) groups is 2. The van der Waals surface area contributed by atoms with E-state index in [-0.39, 0.29) is 11.8 Å². The average Bonchev–Trinajstić information content (AvgIpc) is 3.18. The van der Waals surface area contributed by atoms with Gasteiger partial charge in [-0.1, -0.05) is 29.0 Å². The SMILES string of the molecule is CCOc1ccc(N2C(=O)C3N=NN(Cc4ccc(Cl)cc4)C3C2=O)cc1. The summed E-state index contributed by atoms with van der Waals surface area (Å²) in [5.41, 5.74) is 1.43. The Kier molecular flexibility index (Phi) is 4.53. The fraction of sp³-hybridized carbons (Fsp3) is 0.263. The van der Waals surface area contributed by atoms with Crippen LogP contribution in [-0.2, 0) is 16.1 Å². The lowest BCUT2D eigenvalue weighted by Gasteiger charge is -2.20. The first-order valence-corrected chi connectivity index (χ1v) is 8.99. The van der Waals surface area contributed by atoms with E-state index in [1.54, 1.807) is 41.4 Å². The Morgan fingerprint density at radius 3 is 2.41 bits per heavy atom. The highest BCUT2D eigenvalue weighted by molar-refractivity contribution is 6.30. The number of carbonyl (C=O) groups excluding carboxylic acids is 2. The molecule has 2 amide bonds. The second-order valence-corrected chi connectivity index (χ2v) is 6.69. The summed E-state index contributed by atoms with van der Waals surface area (Å²) in [5.74, 6) is -0.00534. The van der Waals surface area contributed by atoms with Crippen LogP contribution in [0.1, 0.15) is 12.5 Å². The molecule has 0 saturated carbocycles. The van der Waals surface area contributed by atoms with Gasteiger partial charge in [-0.3, -0.25) is 14.6 Å². The van der Waals surface area contributed by atoms with Gasteiger partial charge in [-0.05, 0) is 48.9 Å². The van der Waals surface area contributed by atoms with E-state index in [0.29, 0.717) is 29.6 Å². The zero-order chi connectivity index (χ0) is 19.0. The van der Waals surface area contributed by atoms with Gasteiger partial charge in [-0.15, -0.1) is 0 Å². The highest BCUT2D eigenvalue weighted by atomic mass is 35.5. The van der Waals surface area contributed by atoms with Gasteiger partial charge < -0.3 is 4.74 Å². The smallest absolute Gasteiger partial charge is 0.263 e. The molecule has 8 heteroatoms. The molecule has 0 spiro atoms. The molecule has 7 nitrogen and oxygen atoms in total. The number of hydrogen-bond acceptors (Lipinski definition) is 6. The summed E-state index contributed by atoms with van der Waals surface area (Å²) in [5, 5.41) is 10.3. The number of hydrogen-bond donors (Lipinski definition) is 0. The van der Waals surface area contributed by atoms with Crippen LogP contribution in [0.5, 0.6) is 5.75 Å². The zero-order valence-corrected chi connectivity index (χ0v) is 15.3. The second kappa shape index (κ2) is 7.00. The van der Waals surface area contributed by atoms with E-state index in [1.165, 1.54) is 4.90 Å². The van der Waals surface area contributed by atoms with E-state index < -0.39 is 12.1 Å². The number of imide groups is 1. The highest BCUT2D eigenvalue weighted by Gasteiger charge is 2.54. The molecule has 0 aromatic heterocycles. The summed E-state index contributed by atoms with van der Waals surface area (Å²) in [6.45, 7) is 2.81. The van der Waals surface area contributed by atoms with E-state index in [2.05, 4.69) is 10.3 Å².